The number of carbonyl (C=O) groups is 3. The van der Waals surface area contributed by atoms with Crippen LogP contribution in [0.15, 0.2) is 30.3 Å². The van der Waals surface area contributed by atoms with Gasteiger partial charge in [0, 0.05) is 37.4 Å². The van der Waals surface area contributed by atoms with Gasteiger partial charge in [-0.15, -0.1) is 0 Å². The molecule has 10 heteroatoms. The zero-order chi connectivity index (χ0) is 26.2. The minimum atomic E-state index is -0.427. The number of nitrogens with one attached hydrogen (secondary N) is 2. The van der Waals surface area contributed by atoms with E-state index in [4.69, 9.17) is 14.2 Å². The van der Waals surface area contributed by atoms with Crippen molar-refractivity contribution in [2.45, 2.75) is 13.8 Å². The van der Waals surface area contributed by atoms with Crippen molar-refractivity contribution < 1.29 is 28.6 Å². The first-order valence-electron chi connectivity index (χ1n) is 11.7. The molecular formula is C26H34N4O6. The van der Waals surface area contributed by atoms with E-state index in [2.05, 4.69) is 10.6 Å². The van der Waals surface area contributed by atoms with Crippen molar-refractivity contribution in [2.75, 3.05) is 65.9 Å². The second-order valence-corrected chi connectivity index (χ2v) is 8.55. The third-order valence-electron chi connectivity index (χ3n) is 6.30. The highest BCUT2D eigenvalue weighted by molar-refractivity contribution is 5.97. The van der Waals surface area contributed by atoms with Crippen LogP contribution in [0.5, 0.6) is 17.2 Å². The monoisotopic (exact) mass is 498 g/mol. The lowest BCUT2D eigenvalue weighted by molar-refractivity contribution is -0.132. The van der Waals surface area contributed by atoms with Gasteiger partial charge < -0.3 is 29.7 Å². The van der Waals surface area contributed by atoms with Gasteiger partial charge in [0.05, 0.1) is 34.4 Å². The Morgan fingerprint density at radius 2 is 1.56 bits per heavy atom. The molecule has 0 radical (unpaired) electrons. The van der Waals surface area contributed by atoms with Gasteiger partial charge in [-0.25, -0.2) is 0 Å². The molecule has 0 bridgehead atoms. The van der Waals surface area contributed by atoms with Gasteiger partial charge in [-0.05, 0) is 43.2 Å². The normalized spacial score (nSPS) is 13.6. The van der Waals surface area contributed by atoms with Gasteiger partial charge in [-0.1, -0.05) is 12.1 Å². The molecule has 0 atom stereocenters. The lowest BCUT2D eigenvalue weighted by Gasteiger charge is -2.34. The summed E-state index contributed by atoms with van der Waals surface area (Å²) in [6, 6.07) is 8.88. The number of amides is 3. The predicted octanol–water partition coefficient (Wildman–Crippen LogP) is 1.84. The number of rotatable bonds is 9. The molecule has 10 nitrogen and oxygen atoms in total. The van der Waals surface area contributed by atoms with Crippen molar-refractivity contribution in [3.05, 3.63) is 47.0 Å². The van der Waals surface area contributed by atoms with E-state index in [9.17, 15) is 14.4 Å². The Morgan fingerprint density at radius 1 is 0.917 bits per heavy atom. The summed E-state index contributed by atoms with van der Waals surface area (Å²) in [5, 5.41) is 5.63. The van der Waals surface area contributed by atoms with Gasteiger partial charge >= 0.3 is 0 Å². The van der Waals surface area contributed by atoms with E-state index >= 15 is 0 Å². The number of nitrogens with zero attached hydrogens (tertiary/aromatic N) is 2. The summed E-state index contributed by atoms with van der Waals surface area (Å²) in [5.41, 5.74) is 3.28. The van der Waals surface area contributed by atoms with E-state index < -0.39 is 5.91 Å². The maximum Gasteiger partial charge on any atom is 0.251 e. The molecule has 0 spiro atoms. The molecule has 36 heavy (non-hydrogen) atoms. The van der Waals surface area contributed by atoms with Crippen molar-refractivity contribution in [3.63, 3.8) is 0 Å². The number of benzene rings is 2. The molecule has 0 aliphatic carbocycles. The molecule has 0 unspecified atom stereocenters. The van der Waals surface area contributed by atoms with Crippen LogP contribution < -0.4 is 24.8 Å². The molecule has 1 fully saturated rings. The molecule has 2 N–H and O–H groups in total. The van der Waals surface area contributed by atoms with Crippen LogP contribution in [-0.4, -0.2) is 88.1 Å². The van der Waals surface area contributed by atoms with Gasteiger partial charge in [0.2, 0.25) is 17.6 Å². The summed E-state index contributed by atoms with van der Waals surface area (Å²) in [6.45, 7) is 6.23. The minimum Gasteiger partial charge on any atom is -0.493 e. The third kappa shape index (κ3) is 6.45. The van der Waals surface area contributed by atoms with E-state index in [1.165, 1.54) is 33.5 Å². The van der Waals surface area contributed by atoms with Gasteiger partial charge in [0.1, 0.15) is 0 Å². The van der Waals surface area contributed by atoms with E-state index in [0.717, 1.165) is 16.8 Å². The standard InChI is InChI=1S/C26H34N4O6/c1-17-7-6-8-20(18(17)2)28-23(31)16-29-9-11-30(12-10-29)24(32)15-27-26(33)19-13-21(34-3)25(36-5)22(14-19)35-4/h6-8,13-14H,9-12,15-16H2,1-5H3,(H,27,33)(H,28,31). The number of aryl methyl sites for hydroxylation is 1. The maximum atomic E-state index is 12.7. The van der Waals surface area contributed by atoms with Crippen LogP contribution in [0, 0.1) is 13.8 Å². The molecule has 2 aromatic rings. The van der Waals surface area contributed by atoms with Crippen LogP contribution in [0.1, 0.15) is 21.5 Å². The average molecular weight is 499 g/mol. The number of piperazine rings is 1. The first-order valence-corrected chi connectivity index (χ1v) is 11.7. The summed E-state index contributed by atoms with van der Waals surface area (Å²) >= 11 is 0. The molecular weight excluding hydrogens is 464 g/mol. The first kappa shape index (κ1) is 26.8. The van der Waals surface area contributed by atoms with E-state index in [1.54, 1.807) is 4.90 Å². The fourth-order valence-corrected chi connectivity index (χ4v) is 4.02. The molecule has 1 aliphatic rings. The molecule has 1 heterocycles. The zero-order valence-electron chi connectivity index (χ0n) is 21.5. The molecule has 3 amide bonds. The van der Waals surface area contributed by atoms with Gasteiger partial charge in [-0.3, -0.25) is 19.3 Å². The predicted molar refractivity (Wildman–Crippen MR) is 136 cm³/mol. The molecule has 194 valence electrons. The number of hydrogen-bond acceptors (Lipinski definition) is 7. The smallest absolute Gasteiger partial charge is 0.251 e. The number of hydrogen-bond donors (Lipinski definition) is 2. The average Bonchev–Trinajstić information content (AvgIpc) is 2.89. The SMILES string of the molecule is COc1cc(C(=O)NCC(=O)N2CCN(CC(=O)Nc3cccc(C)c3C)CC2)cc(OC)c1OC. The Labute approximate surface area is 211 Å². The van der Waals surface area contributed by atoms with Gasteiger partial charge in [-0.2, -0.15) is 0 Å². The molecule has 3 rings (SSSR count). The van der Waals surface area contributed by atoms with Crippen molar-refractivity contribution >= 4 is 23.4 Å². The van der Waals surface area contributed by atoms with Crippen molar-refractivity contribution in [1.29, 1.82) is 0 Å². The Balaban J connectivity index is 1.47. The summed E-state index contributed by atoms with van der Waals surface area (Å²) in [5.74, 6) is 0.394. The summed E-state index contributed by atoms with van der Waals surface area (Å²) < 4.78 is 15.8. The molecule has 0 aromatic heterocycles. The highest BCUT2D eigenvalue weighted by Crippen LogP contribution is 2.38. The van der Waals surface area contributed by atoms with Crippen LogP contribution in [0.4, 0.5) is 5.69 Å². The van der Waals surface area contributed by atoms with E-state index in [0.29, 0.717) is 43.4 Å². The minimum absolute atomic E-state index is 0.0823. The quantitative estimate of drug-likeness (QED) is 0.543. The second kappa shape index (κ2) is 12.3. The molecule has 1 saturated heterocycles. The van der Waals surface area contributed by atoms with Crippen molar-refractivity contribution in [1.82, 2.24) is 15.1 Å². The van der Waals surface area contributed by atoms with Crippen LogP contribution in [0.2, 0.25) is 0 Å². The lowest BCUT2D eigenvalue weighted by Crippen LogP contribution is -2.52. The molecule has 1 aliphatic heterocycles. The van der Waals surface area contributed by atoms with Gasteiger partial charge in [0.25, 0.3) is 5.91 Å². The van der Waals surface area contributed by atoms with E-state index in [1.807, 2.05) is 36.9 Å². The fraction of sp³-hybridized carbons (Fsp3) is 0.423. The molecule has 0 saturated carbocycles. The topological polar surface area (TPSA) is 109 Å². The Bertz CT molecular complexity index is 1090. The zero-order valence-corrected chi connectivity index (χ0v) is 21.5. The number of methoxy groups -OCH3 is 3. The Hall–Kier alpha value is -3.79. The van der Waals surface area contributed by atoms with Crippen LogP contribution in [-0.2, 0) is 9.59 Å². The van der Waals surface area contributed by atoms with Crippen molar-refractivity contribution in [3.8, 4) is 17.2 Å². The summed E-state index contributed by atoms with van der Waals surface area (Å²) in [6.07, 6.45) is 0. The Morgan fingerprint density at radius 3 is 2.14 bits per heavy atom. The number of carbonyl (C=O) groups excluding carboxylic acids is 3. The summed E-state index contributed by atoms with van der Waals surface area (Å²) in [4.78, 5) is 41.5. The van der Waals surface area contributed by atoms with Crippen LogP contribution in [0.3, 0.4) is 0 Å². The number of ether oxygens (including phenoxy) is 3. The number of anilines is 1. The fourth-order valence-electron chi connectivity index (χ4n) is 4.02. The van der Waals surface area contributed by atoms with Crippen LogP contribution >= 0.6 is 0 Å². The second-order valence-electron chi connectivity index (χ2n) is 8.55. The third-order valence-corrected chi connectivity index (χ3v) is 6.30. The van der Waals surface area contributed by atoms with Crippen molar-refractivity contribution in [2.24, 2.45) is 0 Å². The Kier molecular flexibility index (Phi) is 9.13. The van der Waals surface area contributed by atoms with E-state index in [-0.39, 0.29) is 30.5 Å². The highest BCUT2D eigenvalue weighted by atomic mass is 16.5. The maximum absolute atomic E-state index is 12.7. The first-order chi connectivity index (χ1) is 17.3. The highest BCUT2D eigenvalue weighted by Gasteiger charge is 2.24. The van der Waals surface area contributed by atoms with Gasteiger partial charge in [0.15, 0.2) is 11.5 Å². The molecule has 2 aromatic carbocycles. The largest absolute Gasteiger partial charge is 0.493 e. The summed E-state index contributed by atoms with van der Waals surface area (Å²) in [7, 11) is 4.42. The van der Waals surface area contributed by atoms with Crippen LogP contribution in [0.25, 0.3) is 0 Å². The lowest BCUT2D eigenvalue weighted by atomic mass is 10.1.